The molecule has 1 saturated carbocycles. The van der Waals surface area contributed by atoms with Crippen molar-refractivity contribution < 1.29 is 4.74 Å². The molecule has 3 rings (SSSR count). The fraction of sp³-hybridized carbons (Fsp3) is 0.533. The Labute approximate surface area is 108 Å². The van der Waals surface area contributed by atoms with Crippen molar-refractivity contribution in [3.05, 3.63) is 29.3 Å². The SMILES string of the molecule is N#CCC1(COc2ccc3c(c2)CC[C@@H]3N)CC1. The van der Waals surface area contributed by atoms with Crippen LogP contribution < -0.4 is 10.5 Å². The molecule has 2 N–H and O–H groups in total. The standard InChI is InChI=1S/C15H18N2O/c16-8-7-15(5-6-15)10-18-12-2-3-13-11(9-12)1-4-14(13)17/h2-3,9,14H,1,4-7,10,17H2/t14-/m0/s1. The molecule has 0 unspecified atom stereocenters. The highest BCUT2D eigenvalue weighted by molar-refractivity contribution is 5.40. The van der Waals surface area contributed by atoms with E-state index in [9.17, 15) is 0 Å². The summed E-state index contributed by atoms with van der Waals surface area (Å²) in [6.45, 7) is 0.672. The van der Waals surface area contributed by atoms with Gasteiger partial charge in [0.05, 0.1) is 12.7 Å². The zero-order valence-electron chi connectivity index (χ0n) is 10.5. The van der Waals surface area contributed by atoms with Crippen molar-refractivity contribution in [2.45, 2.75) is 38.1 Å². The van der Waals surface area contributed by atoms with Crippen LogP contribution in [-0.4, -0.2) is 6.61 Å². The van der Waals surface area contributed by atoms with E-state index in [-0.39, 0.29) is 11.5 Å². The van der Waals surface area contributed by atoms with Gasteiger partial charge >= 0.3 is 0 Å². The molecule has 1 aromatic rings. The first-order valence-electron chi connectivity index (χ1n) is 6.61. The van der Waals surface area contributed by atoms with Crippen molar-refractivity contribution in [1.29, 1.82) is 5.26 Å². The maximum atomic E-state index is 8.78. The lowest BCUT2D eigenvalue weighted by atomic mass is 10.1. The number of rotatable bonds is 4. The van der Waals surface area contributed by atoms with Crippen molar-refractivity contribution >= 4 is 0 Å². The zero-order valence-corrected chi connectivity index (χ0v) is 10.5. The van der Waals surface area contributed by atoms with Crippen LogP contribution in [0.15, 0.2) is 18.2 Å². The van der Waals surface area contributed by atoms with Crippen LogP contribution in [0, 0.1) is 16.7 Å². The molecule has 0 aromatic heterocycles. The van der Waals surface area contributed by atoms with E-state index in [2.05, 4.69) is 18.2 Å². The summed E-state index contributed by atoms with van der Waals surface area (Å²) in [6.07, 6.45) is 4.95. The van der Waals surface area contributed by atoms with E-state index < -0.39 is 0 Å². The first-order valence-corrected chi connectivity index (χ1v) is 6.61. The molecule has 0 aliphatic heterocycles. The molecule has 0 spiro atoms. The third-order valence-corrected chi connectivity index (χ3v) is 4.19. The number of nitriles is 1. The van der Waals surface area contributed by atoms with Gasteiger partial charge in [0.2, 0.25) is 0 Å². The number of nitrogens with zero attached hydrogens (tertiary/aromatic N) is 1. The molecular weight excluding hydrogens is 224 g/mol. The first-order chi connectivity index (χ1) is 8.72. The van der Waals surface area contributed by atoms with Gasteiger partial charge in [-0.2, -0.15) is 5.26 Å². The molecule has 0 radical (unpaired) electrons. The van der Waals surface area contributed by atoms with Crippen LogP contribution in [0.5, 0.6) is 5.75 Å². The Balaban J connectivity index is 1.66. The minimum Gasteiger partial charge on any atom is -0.493 e. The smallest absolute Gasteiger partial charge is 0.119 e. The molecule has 0 heterocycles. The molecule has 0 amide bonds. The minimum atomic E-state index is 0.143. The summed E-state index contributed by atoms with van der Waals surface area (Å²) in [6, 6.07) is 8.67. The van der Waals surface area contributed by atoms with Crippen LogP contribution >= 0.6 is 0 Å². The molecule has 3 heteroatoms. The predicted molar refractivity (Wildman–Crippen MR) is 69.1 cm³/mol. The summed E-state index contributed by atoms with van der Waals surface area (Å²) in [4.78, 5) is 0. The average molecular weight is 242 g/mol. The first kappa shape index (κ1) is 11.6. The van der Waals surface area contributed by atoms with Crippen LogP contribution in [-0.2, 0) is 6.42 Å². The summed E-state index contributed by atoms with van der Waals surface area (Å²) in [5, 5.41) is 8.78. The Hall–Kier alpha value is -1.53. The van der Waals surface area contributed by atoms with Crippen LogP contribution in [0.2, 0.25) is 0 Å². The van der Waals surface area contributed by atoms with E-state index in [4.69, 9.17) is 15.7 Å². The summed E-state index contributed by atoms with van der Waals surface area (Å²) in [5.41, 5.74) is 8.74. The van der Waals surface area contributed by atoms with Gasteiger partial charge < -0.3 is 10.5 Å². The molecule has 2 aliphatic carbocycles. The number of benzene rings is 1. The topological polar surface area (TPSA) is 59.0 Å². The van der Waals surface area contributed by atoms with E-state index in [0.717, 1.165) is 31.4 Å². The van der Waals surface area contributed by atoms with Gasteiger partial charge in [-0.15, -0.1) is 0 Å². The second kappa shape index (κ2) is 4.29. The van der Waals surface area contributed by atoms with Crippen LogP contribution in [0.25, 0.3) is 0 Å². The minimum absolute atomic E-state index is 0.143. The zero-order chi connectivity index (χ0) is 12.6. The highest BCUT2D eigenvalue weighted by Crippen LogP contribution is 2.48. The Kier molecular flexibility index (Phi) is 2.76. The maximum Gasteiger partial charge on any atom is 0.119 e. The second-order valence-electron chi connectivity index (χ2n) is 5.63. The third-order valence-electron chi connectivity index (χ3n) is 4.19. The largest absolute Gasteiger partial charge is 0.493 e. The van der Waals surface area contributed by atoms with Crippen LogP contribution in [0.3, 0.4) is 0 Å². The lowest BCUT2D eigenvalue weighted by Gasteiger charge is -2.14. The van der Waals surface area contributed by atoms with Crippen LogP contribution in [0.4, 0.5) is 0 Å². The Morgan fingerprint density at radius 2 is 2.28 bits per heavy atom. The summed E-state index contributed by atoms with van der Waals surface area (Å²) in [5.74, 6) is 0.923. The number of hydrogen-bond acceptors (Lipinski definition) is 3. The quantitative estimate of drug-likeness (QED) is 0.883. The van der Waals surface area contributed by atoms with Gasteiger partial charge in [0, 0.05) is 17.9 Å². The van der Waals surface area contributed by atoms with Crippen molar-refractivity contribution in [3.8, 4) is 11.8 Å². The monoisotopic (exact) mass is 242 g/mol. The molecule has 1 fully saturated rings. The van der Waals surface area contributed by atoms with Gasteiger partial charge in [-0.25, -0.2) is 0 Å². The predicted octanol–water partition coefficient (Wildman–Crippen LogP) is 2.71. The Morgan fingerprint density at radius 3 is 3.00 bits per heavy atom. The van der Waals surface area contributed by atoms with E-state index in [0.29, 0.717) is 13.0 Å². The van der Waals surface area contributed by atoms with Gasteiger partial charge in [-0.1, -0.05) is 6.07 Å². The highest BCUT2D eigenvalue weighted by Gasteiger charge is 2.43. The average Bonchev–Trinajstić information content (AvgIpc) is 3.05. The fourth-order valence-corrected chi connectivity index (χ4v) is 2.67. The van der Waals surface area contributed by atoms with Gasteiger partial charge in [0.25, 0.3) is 0 Å². The molecule has 1 atom stereocenters. The number of hydrogen-bond donors (Lipinski definition) is 1. The molecule has 1 aromatic carbocycles. The van der Waals surface area contributed by atoms with Gasteiger partial charge in [0.1, 0.15) is 5.75 Å². The van der Waals surface area contributed by atoms with Gasteiger partial charge in [-0.3, -0.25) is 0 Å². The molecule has 18 heavy (non-hydrogen) atoms. The third kappa shape index (κ3) is 2.09. The number of nitrogens with two attached hydrogens (primary N) is 1. The highest BCUT2D eigenvalue weighted by atomic mass is 16.5. The number of aryl methyl sites for hydroxylation is 1. The van der Waals surface area contributed by atoms with Crippen molar-refractivity contribution in [3.63, 3.8) is 0 Å². The van der Waals surface area contributed by atoms with Crippen LogP contribution in [0.1, 0.15) is 42.9 Å². The maximum absolute atomic E-state index is 8.78. The lowest BCUT2D eigenvalue weighted by molar-refractivity contribution is 0.236. The van der Waals surface area contributed by atoms with E-state index in [1.54, 1.807) is 0 Å². The Morgan fingerprint density at radius 1 is 1.44 bits per heavy atom. The molecule has 2 aliphatic rings. The normalized spacial score (nSPS) is 23.2. The molecule has 0 saturated heterocycles. The second-order valence-corrected chi connectivity index (χ2v) is 5.63. The summed E-state index contributed by atoms with van der Waals surface area (Å²) < 4.78 is 5.85. The Bertz CT molecular complexity index is 500. The van der Waals surface area contributed by atoms with Crippen molar-refractivity contribution in [2.24, 2.45) is 11.1 Å². The van der Waals surface area contributed by atoms with Crippen molar-refractivity contribution in [1.82, 2.24) is 0 Å². The molecule has 3 nitrogen and oxygen atoms in total. The van der Waals surface area contributed by atoms with Gasteiger partial charge in [0.15, 0.2) is 0 Å². The lowest BCUT2D eigenvalue weighted by Crippen LogP contribution is -2.12. The van der Waals surface area contributed by atoms with E-state index in [1.165, 1.54) is 11.1 Å². The number of ether oxygens (including phenoxy) is 1. The number of fused-ring (bicyclic) bond motifs is 1. The van der Waals surface area contributed by atoms with Crippen molar-refractivity contribution in [2.75, 3.05) is 6.61 Å². The van der Waals surface area contributed by atoms with E-state index >= 15 is 0 Å². The molecular formula is C15H18N2O. The summed E-state index contributed by atoms with van der Waals surface area (Å²) in [7, 11) is 0. The summed E-state index contributed by atoms with van der Waals surface area (Å²) >= 11 is 0. The molecule has 94 valence electrons. The van der Waals surface area contributed by atoms with E-state index in [1.807, 2.05) is 6.07 Å². The molecule has 0 bridgehead atoms. The van der Waals surface area contributed by atoms with Gasteiger partial charge in [-0.05, 0) is 48.9 Å². The fourth-order valence-electron chi connectivity index (χ4n) is 2.67.